The predicted molar refractivity (Wildman–Crippen MR) is 98.4 cm³/mol. The van der Waals surface area contributed by atoms with Crippen LogP contribution in [0.2, 0.25) is 0 Å². The van der Waals surface area contributed by atoms with Gasteiger partial charge in [0.1, 0.15) is 11.6 Å². The number of fused-ring (bicyclic) bond motifs is 1. The second-order valence-corrected chi connectivity index (χ2v) is 7.21. The van der Waals surface area contributed by atoms with Crippen molar-refractivity contribution in [3.8, 4) is 0 Å². The molecule has 1 fully saturated rings. The maximum atomic E-state index is 4.86. The molecule has 2 aromatic heterocycles. The summed E-state index contributed by atoms with van der Waals surface area (Å²) < 4.78 is 1.86. The maximum absolute atomic E-state index is 4.86. The van der Waals surface area contributed by atoms with Gasteiger partial charge in [0.2, 0.25) is 0 Å². The van der Waals surface area contributed by atoms with Gasteiger partial charge in [-0.2, -0.15) is 5.10 Å². The van der Waals surface area contributed by atoms with Crippen molar-refractivity contribution < 1.29 is 0 Å². The Bertz CT molecular complexity index is 657. The third kappa shape index (κ3) is 4.04. The Morgan fingerprint density at radius 2 is 1.96 bits per heavy atom. The first-order valence-electron chi connectivity index (χ1n) is 9.23. The highest BCUT2D eigenvalue weighted by Gasteiger charge is 2.22. The van der Waals surface area contributed by atoms with Crippen LogP contribution in [0, 0.1) is 0 Å². The lowest BCUT2D eigenvalue weighted by molar-refractivity contribution is 0.393. The molecule has 6 heteroatoms. The summed E-state index contributed by atoms with van der Waals surface area (Å²) in [7, 11) is 6.21. The second-order valence-electron chi connectivity index (χ2n) is 7.21. The monoisotopic (exact) mass is 330 g/mol. The SMILES string of the molecule is CN(C)CCCCCNc1nc(C2CCCC2)nc2c1cnn2C. The molecule has 0 amide bonds. The molecule has 2 aromatic rings. The summed E-state index contributed by atoms with van der Waals surface area (Å²) in [6.45, 7) is 2.12. The van der Waals surface area contributed by atoms with Crippen LogP contribution in [0.15, 0.2) is 6.20 Å². The van der Waals surface area contributed by atoms with Crippen LogP contribution in [-0.4, -0.2) is 51.8 Å². The number of rotatable bonds is 8. The predicted octanol–water partition coefficient (Wildman–Crippen LogP) is 3.16. The standard InChI is InChI=1S/C18H30N6/c1-23(2)12-8-4-7-11-19-17-15-13-20-24(3)18(15)22-16(21-17)14-9-5-6-10-14/h13-14H,4-12H2,1-3H3,(H,19,21,22). The molecule has 1 N–H and O–H groups in total. The molecule has 0 spiro atoms. The number of hydrogen-bond acceptors (Lipinski definition) is 5. The third-order valence-electron chi connectivity index (χ3n) is 4.90. The van der Waals surface area contributed by atoms with E-state index in [0.717, 1.165) is 35.8 Å². The minimum absolute atomic E-state index is 0.518. The van der Waals surface area contributed by atoms with E-state index >= 15 is 0 Å². The number of hydrogen-bond donors (Lipinski definition) is 1. The van der Waals surface area contributed by atoms with Crippen LogP contribution in [0.3, 0.4) is 0 Å². The minimum Gasteiger partial charge on any atom is -0.369 e. The Hall–Kier alpha value is -1.69. The van der Waals surface area contributed by atoms with Crippen molar-refractivity contribution in [1.82, 2.24) is 24.6 Å². The first kappa shape index (κ1) is 17.1. The first-order chi connectivity index (χ1) is 11.6. The van der Waals surface area contributed by atoms with E-state index in [9.17, 15) is 0 Å². The van der Waals surface area contributed by atoms with E-state index < -0.39 is 0 Å². The van der Waals surface area contributed by atoms with E-state index in [1.54, 1.807) is 0 Å². The van der Waals surface area contributed by atoms with Gasteiger partial charge < -0.3 is 10.2 Å². The second kappa shape index (κ2) is 7.92. The average Bonchev–Trinajstić information content (AvgIpc) is 3.21. The van der Waals surface area contributed by atoms with E-state index in [1.165, 1.54) is 44.9 Å². The molecule has 1 saturated carbocycles. The van der Waals surface area contributed by atoms with Gasteiger partial charge in [-0.05, 0) is 46.3 Å². The first-order valence-corrected chi connectivity index (χ1v) is 9.23. The van der Waals surface area contributed by atoms with Crippen LogP contribution < -0.4 is 5.32 Å². The fourth-order valence-corrected chi connectivity index (χ4v) is 3.48. The van der Waals surface area contributed by atoms with Crippen molar-refractivity contribution in [1.29, 1.82) is 0 Å². The van der Waals surface area contributed by atoms with Crippen LogP contribution in [0.25, 0.3) is 11.0 Å². The van der Waals surface area contributed by atoms with Gasteiger partial charge in [0, 0.05) is 19.5 Å². The zero-order valence-corrected chi connectivity index (χ0v) is 15.3. The van der Waals surface area contributed by atoms with E-state index in [4.69, 9.17) is 9.97 Å². The summed E-state index contributed by atoms with van der Waals surface area (Å²) >= 11 is 0. The van der Waals surface area contributed by atoms with Gasteiger partial charge in [0.15, 0.2) is 5.65 Å². The highest BCUT2D eigenvalue weighted by atomic mass is 15.3. The molecule has 1 aliphatic carbocycles. The molecule has 2 heterocycles. The number of aromatic nitrogens is 4. The van der Waals surface area contributed by atoms with Crippen molar-refractivity contribution in [2.45, 2.75) is 50.9 Å². The van der Waals surface area contributed by atoms with E-state index in [0.29, 0.717) is 5.92 Å². The van der Waals surface area contributed by atoms with Crippen LogP contribution in [0.1, 0.15) is 56.7 Å². The number of unbranched alkanes of at least 4 members (excludes halogenated alkanes) is 2. The van der Waals surface area contributed by atoms with E-state index in [1.807, 2.05) is 17.9 Å². The molecule has 0 aliphatic heterocycles. The molecule has 0 atom stereocenters. The van der Waals surface area contributed by atoms with Crippen molar-refractivity contribution in [2.24, 2.45) is 7.05 Å². The van der Waals surface area contributed by atoms with Gasteiger partial charge in [0.25, 0.3) is 0 Å². The smallest absolute Gasteiger partial charge is 0.163 e. The van der Waals surface area contributed by atoms with Gasteiger partial charge in [-0.15, -0.1) is 0 Å². The molecule has 1 aliphatic rings. The Labute approximate surface area is 144 Å². The maximum Gasteiger partial charge on any atom is 0.163 e. The van der Waals surface area contributed by atoms with Gasteiger partial charge in [-0.1, -0.05) is 19.3 Å². The number of aryl methyl sites for hydroxylation is 1. The van der Waals surface area contributed by atoms with Crippen LogP contribution in [0.5, 0.6) is 0 Å². The minimum atomic E-state index is 0.518. The van der Waals surface area contributed by atoms with E-state index in [-0.39, 0.29) is 0 Å². The zero-order chi connectivity index (χ0) is 16.9. The molecular formula is C18H30N6. The molecule has 0 radical (unpaired) electrons. The fourth-order valence-electron chi connectivity index (χ4n) is 3.48. The Kier molecular flexibility index (Phi) is 5.66. The number of nitrogens with zero attached hydrogens (tertiary/aromatic N) is 5. The quantitative estimate of drug-likeness (QED) is 0.753. The van der Waals surface area contributed by atoms with Gasteiger partial charge in [-0.25, -0.2) is 9.97 Å². The lowest BCUT2D eigenvalue weighted by Gasteiger charge is -2.13. The largest absolute Gasteiger partial charge is 0.369 e. The molecule has 132 valence electrons. The summed E-state index contributed by atoms with van der Waals surface area (Å²) in [5.74, 6) is 2.48. The lowest BCUT2D eigenvalue weighted by Crippen LogP contribution is -2.13. The Morgan fingerprint density at radius 1 is 1.17 bits per heavy atom. The summed E-state index contributed by atoms with van der Waals surface area (Å²) in [6, 6.07) is 0. The van der Waals surface area contributed by atoms with Crippen LogP contribution in [-0.2, 0) is 7.05 Å². The van der Waals surface area contributed by atoms with Crippen LogP contribution >= 0.6 is 0 Å². The van der Waals surface area contributed by atoms with E-state index in [2.05, 4.69) is 29.4 Å². The summed E-state index contributed by atoms with van der Waals surface area (Å²) in [5.41, 5.74) is 0.946. The number of anilines is 1. The third-order valence-corrected chi connectivity index (χ3v) is 4.90. The summed E-state index contributed by atoms with van der Waals surface area (Å²) in [6.07, 6.45) is 10.6. The summed E-state index contributed by atoms with van der Waals surface area (Å²) in [5, 5.41) is 8.94. The molecule has 6 nitrogen and oxygen atoms in total. The van der Waals surface area contributed by atoms with Crippen molar-refractivity contribution >= 4 is 16.9 Å². The molecular weight excluding hydrogens is 300 g/mol. The van der Waals surface area contributed by atoms with Gasteiger partial charge in [0.05, 0.1) is 11.6 Å². The fraction of sp³-hybridized carbons (Fsp3) is 0.722. The van der Waals surface area contributed by atoms with Crippen molar-refractivity contribution in [2.75, 3.05) is 32.5 Å². The molecule has 0 aromatic carbocycles. The number of nitrogens with one attached hydrogen (secondary N) is 1. The topological polar surface area (TPSA) is 58.9 Å². The normalized spacial score (nSPS) is 15.7. The molecule has 3 rings (SSSR count). The Morgan fingerprint density at radius 3 is 2.71 bits per heavy atom. The molecule has 0 unspecified atom stereocenters. The molecule has 0 saturated heterocycles. The molecule has 24 heavy (non-hydrogen) atoms. The highest BCUT2D eigenvalue weighted by Crippen LogP contribution is 2.34. The van der Waals surface area contributed by atoms with Gasteiger partial charge >= 0.3 is 0 Å². The van der Waals surface area contributed by atoms with Crippen molar-refractivity contribution in [3.05, 3.63) is 12.0 Å². The lowest BCUT2D eigenvalue weighted by atomic mass is 10.1. The Balaban J connectivity index is 1.67. The molecule has 0 bridgehead atoms. The highest BCUT2D eigenvalue weighted by molar-refractivity contribution is 5.86. The van der Waals surface area contributed by atoms with Crippen molar-refractivity contribution in [3.63, 3.8) is 0 Å². The van der Waals surface area contributed by atoms with Crippen LogP contribution in [0.4, 0.5) is 5.82 Å². The summed E-state index contributed by atoms with van der Waals surface area (Å²) in [4.78, 5) is 11.9. The average molecular weight is 330 g/mol. The van der Waals surface area contributed by atoms with Gasteiger partial charge in [-0.3, -0.25) is 4.68 Å². The zero-order valence-electron chi connectivity index (χ0n) is 15.3.